The van der Waals surface area contributed by atoms with E-state index in [1.807, 2.05) is 12.1 Å². The molecule has 1 heterocycles. The van der Waals surface area contributed by atoms with Gasteiger partial charge in [-0.1, -0.05) is 36.4 Å². The van der Waals surface area contributed by atoms with E-state index in [1.165, 1.54) is 0 Å². The maximum absolute atomic E-state index is 12.0. The van der Waals surface area contributed by atoms with E-state index >= 15 is 0 Å². The summed E-state index contributed by atoms with van der Waals surface area (Å²) >= 11 is 0. The van der Waals surface area contributed by atoms with Gasteiger partial charge < -0.3 is 14.8 Å². The van der Waals surface area contributed by atoms with Crippen molar-refractivity contribution in [3.8, 4) is 11.5 Å². The number of nitrogens with one attached hydrogen (secondary N) is 2. The lowest BCUT2D eigenvalue weighted by Gasteiger charge is -2.08. The van der Waals surface area contributed by atoms with E-state index in [0.29, 0.717) is 17.1 Å². The number of fused-ring (bicyclic) bond motifs is 1. The molecule has 0 fully saturated rings. The van der Waals surface area contributed by atoms with Crippen molar-refractivity contribution >= 4 is 15.9 Å². The molecule has 0 spiro atoms. The fraction of sp³-hybridized carbons (Fsp3) is 0.235. The van der Waals surface area contributed by atoms with E-state index in [-0.39, 0.29) is 25.6 Å². The normalized spacial score (nSPS) is 12.8. The first-order valence-corrected chi connectivity index (χ1v) is 9.33. The van der Waals surface area contributed by atoms with Crippen LogP contribution in [-0.2, 0) is 27.1 Å². The number of ether oxygens (including phenoxy) is 2. The third-order valence-corrected chi connectivity index (χ3v) is 4.88. The molecule has 0 radical (unpaired) electrons. The summed E-state index contributed by atoms with van der Waals surface area (Å²) < 4.78 is 36.8. The van der Waals surface area contributed by atoms with E-state index in [9.17, 15) is 13.2 Å². The summed E-state index contributed by atoms with van der Waals surface area (Å²) in [7, 11) is -3.57. The first-order chi connectivity index (χ1) is 12.0. The van der Waals surface area contributed by atoms with Crippen molar-refractivity contribution in [1.82, 2.24) is 10.0 Å². The molecule has 3 rings (SSSR count). The van der Waals surface area contributed by atoms with Crippen LogP contribution in [-0.4, -0.2) is 27.7 Å². The lowest BCUT2D eigenvalue weighted by atomic mass is 10.2. The molecule has 0 atom stereocenters. The Morgan fingerprint density at radius 3 is 2.56 bits per heavy atom. The van der Waals surface area contributed by atoms with Crippen molar-refractivity contribution in [2.24, 2.45) is 0 Å². The molecule has 1 aliphatic heterocycles. The second kappa shape index (κ2) is 7.54. The highest BCUT2D eigenvalue weighted by molar-refractivity contribution is 7.88. The predicted octanol–water partition coefficient (Wildman–Crippen LogP) is 1.15. The molecule has 2 N–H and O–H groups in total. The molecular weight excluding hydrogens is 344 g/mol. The van der Waals surface area contributed by atoms with Crippen LogP contribution in [0, 0.1) is 0 Å². The van der Waals surface area contributed by atoms with Crippen molar-refractivity contribution < 1.29 is 22.7 Å². The molecule has 0 aromatic heterocycles. The van der Waals surface area contributed by atoms with Gasteiger partial charge in [-0.2, -0.15) is 0 Å². The summed E-state index contributed by atoms with van der Waals surface area (Å²) in [5, 5.41) is 2.66. The van der Waals surface area contributed by atoms with Crippen LogP contribution in [0.1, 0.15) is 11.1 Å². The summed E-state index contributed by atoms with van der Waals surface area (Å²) in [5.41, 5.74) is 1.50. The molecule has 0 aliphatic carbocycles. The summed E-state index contributed by atoms with van der Waals surface area (Å²) in [6.07, 6.45) is 0. The van der Waals surface area contributed by atoms with Gasteiger partial charge in [0.2, 0.25) is 22.7 Å². The molecule has 1 aliphatic rings. The van der Waals surface area contributed by atoms with Gasteiger partial charge >= 0.3 is 0 Å². The zero-order valence-electron chi connectivity index (χ0n) is 13.4. The van der Waals surface area contributed by atoms with E-state index in [1.54, 1.807) is 36.4 Å². The second-order valence-corrected chi connectivity index (χ2v) is 7.34. The standard InChI is InChI=1S/C17H18N2O5S/c20-17(10-19-25(21,22)11-13-4-2-1-3-5-13)18-9-14-6-7-15-16(8-14)24-12-23-15/h1-8,19H,9-12H2,(H,18,20). The smallest absolute Gasteiger partial charge is 0.235 e. The van der Waals surface area contributed by atoms with Crippen LogP contribution in [0.25, 0.3) is 0 Å². The third kappa shape index (κ3) is 4.94. The van der Waals surface area contributed by atoms with Crippen LogP contribution in [0.15, 0.2) is 48.5 Å². The van der Waals surface area contributed by atoms with Crippen molar-refractivity contribution in [3.05, 3.63) is 59.7 Å². The van der Waals surface area contributed by atoms with Gasteiger partial charge in [0.1, 0.15) is 0 Å². The maximum Gasteiger partial charge on any atom is 0.235 e. The Kier molecular flexibility index (Phi) is 5.20. The SMILES string of the molecule is O=C(CNS(=O)(=O)Cc1ccccc1)NCc1ccc2c(c1)OCO2. The molecular formula is C17H18N2O5S. The summed E-state index contributed by atoms with van der Waals surface area (Å²) in [6, 6.07) is 14.2. The van der Waals surface area contributed by atoms with E-state index in [2.05, 4.69) is 10.0 Å². The van der Waals surface area contributed by atoms with Crippen molar-refractivity contribution in [2.75, 3.05) is 13.3 Å². The Morgan fingerprint density at radius 2 is 1.76 bits per heavy atom. The van der Waals surface area contributed by atoms with Crippen molar-refractivity contribution in [2.45, 2.75) is 12.3 Å². The Morgan fingerprint density at radius 1 is 1.00 bits per heavy atom. The van der Waals surface area contributed by atoms with Crippen LogP contribution in [0.4, 0.5) is 0 Å². The molecule has 7 nitrogen and oxygen atoms in total. The predicted molar refractivity (Wildman–Crippen MR) is 91.5 cm³/mol. The minimum absolute atomic E-state index is 0.163. The molecule has 8 heteroatoms. The molecule has 0 bridgehead atoms. The van der Waals surface area contributed by atoms with Crippen molar-refractivity contribution in [3.63, 3.8) is 0 Å². The molecule has 132 valence electrons. The van der Waals surface area contributed by atoms with Gasteiger partial charge in [-0.25, -0.2) is 13.1 Å². The number of hydrogen-bond donors (Lipinski definition) is 2. The molecule has 0 unspecified atom stereocenters. The quantitative estimate of drug-likeness (QED) is 0.771. The molecule has 0 saturated heterocycles. The number of hydrogen-bond acceptors (Lipinski definition) is 5. The van der Waals surface area contributed by atoms with E-state index in [4.69, 9.17) is 9.47 Å². The first-order valence-electron chi connectivity index (χ1n) is 7.68. The highest BCUT2D eigenvalue weighted by Gasteiger charge is 2.15. The topological polar surface area (TPSA) is 93.7 Å². The van der Waals surface area contributed by atoms with E-state index < -0.39 is 15.9 Å². The first kappa shape index (κ1) is 17.2. The number of carbonyl (C=O) groups excluding carboxylic acids is 1. The van der Waals surface area contributed by atoms with E-state index in [0.717, 1.165) is 5.56 Å². The monoisotopic (exact) mass is 362 g/mol. The minimum Gasteiger partial charge on any atom is -0.454 e. The summed E-state index contributed by atoms with van der Waals surface area (Å²) in [4.78, 5) is 11.9. The lowest BCUT2D eigenvalue weighted by molar-refractivity contribution is -0.120. The zero-order valence-corrected chi connectivity index (χ0v) is 14.2. The molecule has 1 amide bonds. The Bertz CT molecular complexity index is 853. The molecule has 2 aromatic carbocycles. The maximum atomic E-state index is 12.0. The number of amides is 1. The second-order valence-electron chi connectivity index (χ2n) is 5.53. The number of sulfonamides is 1. The molecule has 25 heavy (non-hydrogen) atoms. The average molecular weight is 362 g/mol. The number of rotatable bonds is 7. The van der Waals surface area contributed by atoms with Gasteiger partial charge in [0.05, 0.1) is 12.3 Å². The van der Waals surface area contributed by atoms with Crippen molar-refractivity contribution in [1.29, 1.82) is 0 Å². The Labute approximate surface area is 146 Å². The van der Waals surface area contributed by atoms with Crippen LogP contribution in [0.3, 0.4) is 0 Å². The largest absolute Gasteiger partial charge is 0.454 e. The summed E-state index contributed by atoms with van der Waals surface area (Å²) in [5.74, 6) is 0.733. The fourth-order valence-electron chi connectivity index (χ4n) is 2.33. The Balaban J connectivity index is 1.46. The van der Waals surface area contributed by atoms with Gasteiger partial charge in [0.25, 0.3) is 0 Å². The van der Waals surface area contributed by atoms with Gasteiger partial charge in [-0.05, 0) is 23.3 Å². The third-order valence-electron chi connectivity index (χ3n) is 3.58. The van der Waals surface area contributed by atoms with Gasteiger partial charge in [0.15, 0.2) is 11.5 Å². The van der Waals surface area contributed by atoms with Crippen LogP contribution < -0.4 is 19.5 Å². The lowest BCUT2D eigenvalue weighted by Crippen LogP contribution is -2.37. The average Bonchev–Trinajstić information content (AvgIpc) is 3.06. The zero-order chi connectivity index (χ0) is 17.7. The highest BCUT2D eigenvalue weighted by Crippen LogP contribution is 2.32. The summed E-state index contributed by atoms with van der Waals surface area (Å²) in [6.45, 7) is 0.157. The van der Waals surface area contributed by atoms with Crippen LogP contribution >= 0.6 is 0 Å². The van der Waals surface area contributed by atoms with Gasteiger partial charge in [0, 0.05) is 6.54 Å². The molecule has 2 aromatic rings. The highest BCUT2D eigenvalue weighted by atomic mass is 32.2. The number of benzene rings is 2. The number of carbonyl (C=O) groups is 1. The molecule has 0 saturated carbocycles. The fourth-order valence-corrected chi connectivity index (χ4v) is 3.42. The van der Waals surface area contributed by atoms with Gasteiger partial charge in [-0.15, -0.1) is 0 Å². The van der Waals surface area contributed by atoms with Crippen LogP contribution in [0.2, 0.25) is 0 Å². The van der Waals surface area contributed by atoms with Gasteiger partial charge in [-0.3, -0.25) is 4.79 Å². The Hall–Kier alpha value is -2.58. The van der Waals surface area contributed by atoms with Crippen LogP contribution in [0.5, 0.6) is 11.5 Å². The minimum atomic E-state index is -3.57.